The fourth-order valence-electron chi connectivity index (χ4n) is 2.86. The van der Waals surface area contributed by atoms with Gasteiger partial charge in [0, 0.05) is 5.56 Å². The van der Waals surface area contributed by atoms with E-state index in [4.69, 9.17) is 4.74 Å². The molecule has 1 heterocycles. The van der Waals surface area contributed by atoms with Gasteiger partial charge in [0.1, 0.15) is 17.0 Å². The number of aromatic hydroxyl groups is 1. The van der Waals surface area contributed by atoms with E-state index >= 15 is 0 Å². The highest BCUT2D eigenvalue weighted by Gasteiger charge is 2.47. The first-order valence-electron chi connectivity index (χ1n) is 8.54. The SMILES string of the molecule is COc1ccc(O)c(/C=N/N2C(=O)N[C@@](C)(CCc3ccccc3)C2=O)c1. The van der Waals surface area contributed by atoms with Gasteiger partial charge in [-0.3, -0.25) is 4.79 Å². The van der Waals surface area contributed by atoms with Crippen LogP contribution in [0.4, 0.5) is 4.79 Å². The number of rotatable bonds is 6. The largest absolute Gasteiger partial charge is 0.507 e. The molecule has 2 N–H and O–H groups in total. The molecule has 140 valence electrons. The van der Waals surface area contributed by atoms with E-state index in [1.807, 2.05) is 30.3 Å². The Morgan fingerprint density at radius 2 is 1.96 bits per heavy atom. The Kier molecular flexibility index (Phi) is 5.12. The van der Waals surface area contributed by atoms with E-state index in [1.54, 1.807) is 19.1 Å². The Balaban J connectivity index is 1.74. The molecule has 27 heavy (non-hydrogen) atoms. The first-order valence-corrected chi connectivity index (χ1v) is 8.54. The number of hydrogen-bond acceptors (Lipinski definition) is 5. The number of urea groups is 1. The molecule has 7 nitrogen and oxygen atoms in total. The number of ether oxygens (including phenoxy) is 1. The number of amides is 3. The van der Waals surface area contributed by atoms with Crippen molar-refractivity contribution in [2.24, 2.45) is 5.10 Å². The summed E-state index contributed by atoms with van der Waals surface area (Å²) in [5, 5.41) is 17.4. The predicted molar refractivity (Wildman–Crippen MR) is 101 cm³/mol. The highest BCUT2D eigenvalue weighted by atomic mass is 16.5. The molecule has 0 aromatic heterocycles. The summed E-state index contributed by atoms with van der Waals surface area (Å²) in [4.78, 5) is 25.0. The van der Waals surface area contributed by atoms with Gasteiger partial charge in [0.25, 0.3) is 5.91 Å². The second-order valence-corrected chi connectivity index (χ2v) is 6.53. The summed E-state index contributed by atoms with van der Waals surface area (Å²) in [5.41, 5.74) is 0.401. The minimum atomic E-state index is -1.03. The van der Waals surface area contributed by atoms with E-state index in [0.29, 0.717) is 24.2 Å². The highest BCUT2D eigenvalue weighted by molar-refractivity contribution is 6.07. The number of carbonyl (C=O) groups excluding carboxylic acids is 2. The van der Waals surface area contributed by atoms with Crippen molar-refractivity contribution in [3.8, 4) is 11.5 Å². The van der Waals surface area contributed by atoms with Gasteiger partial charge in [-0.15, -0.1) is 5.01 Å². The zero-order chi connectivity index (χ0) is 19.4. The minimum Gasteiger partial charge on any atom is -0.507 e. The molecule has 3 rings (SSSR count). The molecule has 0 spiro atoms. The van der Waals surface area contributed by atoms with E-state index in [9.17, 15) is 14.7 Å². The average Bonchev–Trinajstić information content (AvgIpc) is 2.89. The van der Waals surface area contributed by atoms with Crippen molar-refractivity contribution in [1.29, 1.82) is 0 Å². The van der Waals surface area contributed by atoms with Gasteiger partial charge in [0.05, 0.1) is 13.3 Å². The molecule has 0 aliphatic carbocycles. The lowest BCUT2D eigenvalue weighted by Crippen LogP contribution is -2.44. The lowest BCUT2D eigenvalue weighted by Gasteiger charge is -2.20. The van der Waals surface area contributed by atoms with Crippen LogP contribution in [0.25, 0.3) is 0 Å². The Hall–Kier alpha value is -3.35. The third-order valence-electron chi connectivity index (χ3n) is 4.54. The molecule has 1 fully saturated rings. The maximum Gasteiger partial charge on any atom is 0.346 e. The van der Waals surface area contributed by atoms with Crippen LogP contribution in [-0.2, 0) is 11.2 Å². The molecule has 2 aromatic carbocycles. The van der Waals surface area contributed by atoms with Gasteiger partial charge >= 0.3 is 6.03 Å². The maximum absolute atomic E-state index is 12.7. The van der Waals surface area contributed by atoms with Crippen LogP contribution < -0.4 is 10.1 Å². The molecular formula is C20H21N3O4. The molecule has 1 aliphatic heterocycles. The molecule has 2 aromatic rings. The van der Waals surface area contributed by atoms with Gasteiger partial charge in [0.15, 0.2) is 0 Å². The Morgan fingerprint density at radius 1 is 1.22 bits per heavy atom. The summed E-state index contributed by atoms with van der Waals surface area (Å²) >= 11 is 0. The number of hydrazone groups is 1. The van der Waals surface area contributed by atoms with Crippen LogP contribution in [0.5, 0.6) is 11.5 Å². The Bertz CT molecular complexity index is 882. The first kappa shape index (κ1) is 18.4. The molecule has 0 radical (unpaired) electrons. The van der Waals surface area contributed by atoms with Crippen molar-refractivity contribution in [2.45, 2.75) is 25.3 Å². The summed E-state index contributed by atoms with van der Waals surface area (Å²) < 4.78 is 5.10. The van der Waals surface area contributed by atoms with Crippen molar-refractivity contribution in [3.63, 3.8) is 0 Å². The number of methoxy groups -OCH3 is 1. The molecule has 0 unspecified atom stereocenters. The van der Waals surface area contributed by atoms with Crippen molar-refractivity contribution >= 4 is 18.2 Å². The molecule has 7 heteroatoms. The number of phenolic OH excluding ortho intramolecular Hbond substituents is 1. The summed E-state index contributed by atoms with van der Waals surface area (Å²) in [6.07, 6.45) is 2.37. The van der Waals surface area contributed by atoms with Gasteiger partial charge in [-0.05, 0) is 43.5 Å². The number of aryl methyl sites for hydroxylation is 1. The molecule has 1 saturated heterocycles. The van der Waals surface area contributed by atoms with Crippen LogP contribution >= 0.6 is 0 Å². The second kappa shape index (κ2) is 7.49. The van der Waals surface area contributed by atoms with Crippen LogP contribution in [0.3, 0.4) is 0 Å². The monoisotopic (exact) mass is 367 g/mol. The van der Waals surface area contributed by atoms with E-state index in [0.717, 1.165) is 10.6 Å². The quantitative estimate of drug-likeness (QED) is 0.607. The van der Waals surface area contributed by atoms with Crippen LogP contribution in [-0.4, -0.2) is 40.9 Å². The molecule has 1 atom stereocenters. The summed E-state index contributed by atoms with van der Waals surface area (Å²) in [5.74, 6) is 0.0691. The zero-order valence-electron chi connectivity index (χ0n) is 15.2. The number of phenols is 1. The van der Waals surface area contributed by atoms with Crippen molar-refractivity contribution in [1.82, 2.24) is 10.3 Å². The first-order chi connectivity index (χ1) is 12.9. The topological polar surface area (TPSA) is 91.2 Å². The van der Waals surface area contributed by atoms with Crippen LogP contribution in [0, 0.1) is 0 Å². The number of carbonyl (C=O) groups is 2. The van der Waals surface area contributed by atoms with Crippen LogP contribution in [0.1, 0.15) is 24.5 Å². The van der Waals surface area contributed by atoms with Crippen molar-refractivity contribution in [2.75, 3.05) is 7.11 Å². The summed E-state index contributed by atoms with van der Waals surface area (Å²) in [6.45, 7) is 1.69. The highest BCUT2D eigenvalue weighted by Crippen LogP contribution is 2.25. The fourth-order valence-corrected chi connectivity index (χ4v) is 2.86. The molecule has 3 amide bonds. The van der Waals surface area contributed by atoms with Gasteiger partial charge in [-0.25, -0.2) is 4.79 Å². The fraction of sp³-hybridized carbons (Fsp3) is 0.250. The van der Waals surface area contributed by atoms with Gasteiger partial charge in [0.2, 0.25) is 0 Å². The third kappa shape index (κ3) is 3.92. The third-order valence-corrected chi connectivity index (χ3v) is 4.54. The van der Waals surface area contributed by atoms with Crippen LogP contribution in [0.15, 0.2) is 53.6 Å². The minimum absolute atomic E-state index is 0.0292. The normalized spacial score (nSPS) is 19.6. The number of nitrogens with one attached hydrogen (secondary N) is 1. The zero-order valence-corrected chi connectivity index (χ0v) is 15.2. The smallest absolute Gasteiger partial charge is 0.346 e. The van der Waals surface area contributed by atoms with E-state index < -0.39 is 17.5 Å². The number of imide groups is 1. The van der Waals surface area contributed by atoms with Crippen molar-refractivity contribution in [3.05, 3.63) is 59.7 Å². The van der Waals surface area contributed by atoms with Gasteiger partial charge in [-0.1, -0.05) is 30.3 Å². The number of nitrogens with zero attached hydrogens (tertiary/aromatic N) is 2. The van der Waals surface area contributed by atoms with E-state index in [-0.39, 0.29) is 5.75 Å². The summed E-state index contributed by atoms with van der Waals surface area (Å²) in [7, 11) is 1.50. The van der Waals surface area contributed by atoms with Crippen LogP contribution in [0.2, 0.25) is 0 Å². The molecule has 0 bridgehead atoms. The molecule has 0 saturated carbocycles. The van der Waals surface area contributed by atoms with E-state index in [2.05, 4.69) is 10.4 Å². The maximum atomic E-state index is 12.7. The number of hydrogen-bond donors (Lipinski definition) is 2. The van der Waals surface area contributed by atoms with Crippen molar-refractivity contribution < 1.29 is 19.4 Å². The standard InChI is InChI=1S/C20H21N3O4/c1-20(11-10-14-6-4-3-5-7-14)18(25)23(19(26)22-20)21-13-15-12-16(27-2)8-9-17(15)24/h3-9,12-13,24H,10-11H2,1-2H3,(H,22,26)/b21-13+/t20-/m0/s1. The Labute approximate surface area is 157 Å². The summed E-state index contributed by atoms with van der Waals surface area (Å²) in [6, 6.07) is 13.8. The van der Waals surface area contributed by atoms with E-state index in [1.165, 1.54) is 19.4 Å². The molecule has 1 aliphatic rings. The molecular weight excluding hydrogens is 346 g/mol. The number of benzene rings is 2. The predicted octanol–water partition coefficient (Wildman–Crippen LogP) is 2.68. The Morgan fingerprint density at radius 3 is 2.67 bits per heavy atom. The van der Waals surface area contributed by atoms with Gasteiger partial charge < -0.3 is 15.2 Å². The lowest BCUT2D eigenvalue weighted by atomic mass is 9.93. The average molecular weight is 367 g/mol. The van der Waals surface area contributed by atoms with Gasteiger partial charge in [-0.2, -0.15) is 5.10 Å². The second-order valence-electron chi connectivity index (χ2n) is 6.53. The lowest BCUT2D eigenvalue weighted by molar-refractivity contribution is -0.130.